The topological polar surface area (TPSA) is 35.5 Å². The maximum Gasteiger partial charge on any atom is 0.389 e. The van der Waals surface area contributed by atoms with Gasteiger partial charge in [0, 0.05) is 32.1 Å². The predicted molar refractivity (Wildman–Crippen MR) is 59.8 cm³/mol. The lowest BCUT2D eigenvalue weighted by atomic mass is 9.91. The van der Waals surface area contributed by atoms with Crippen LogP contribution in [0.3, 0.4) is 0 Å². The normalized spacial score (nSPS) is 27.4. The molecule has 0 spiro atoms. The molecule has 1 saturated heterocycles. The van der Waals surface area contributed by atoms with Crippen LogP contribution in [-0.2, 0) is 0 Å². The Morgan fingerprint density at radius 2 is 2.06 bits per heavy atom. The van der Waals surface area contributed by atoms with Crippen molar-refractivity contribution in [2.75, 3.05) is 32.8 Å². The van der Waals surface area contributed by atoms with E-state index < -0.39 is 12.6 Å². The van der Waals surface area contributed by atoms with E-state index in [9.17, 15) is 13.2 Å². The number of likely N-dealkylation sites (N-methyl/N-ethyl adjacent to an activating group) is 1. The number of halogens is 3. The van der Waals surface area contributed by atoms with E-state index >= 15 is 0 Å². The third-order valence-electron chi connectivity index (χ3n) is 3.12. The number of aliphatic hydroxyl groups is 1. The molecule has 6 heteroatoms. The van der Waals surface area contributed by atoms with Gasteiger partial charge in [-0.05, 0) is 18.9 Å². The van der Waals surface area contributed by atoms with Crippen molar-refractivity contribution in [3.63, 3.8) is 0 Å². The average molecular weight is 254 g/mol. The molecule has 2 N–H and O–H groups in total. The first-order valence-corrected chi connectivity index (χ1v) is 6.08. The first-order valence-electron chi connectivity index (χ1n) is 6.08. The van der Waals surface area contributed by atoms with Gasteiger partial charge in [-0.2, -0.15) is 13.2 Å². The van der Waals surface area contributed by atoms with Gasteiger partial charge in [0.1, 0.15) is 0 Å². The van der Waals surface area contributed by atoms with Crippen LogP contribution in [0.4, 0.5) is 13.2 Å². The molecule has 0 aromatic rings. The van der Waals surface area contributed by atoms with Gasteiger partial charge < -0.3 is 15.3 Å². The second-order valence-corrected chi connectivity index (χ2v) is 4.65. The minimum absolute atomic E-state index is 0.0204. The number of hydrogen-bond donors (Lipinski definition) is 2. The first kappa shape index (κ1) is 14.7. The molecule has 1 rings (SSSR count). The molecule has 0 aromatic heterocycles. The highest BCUT2D eigenvalue weighted by atomic mass is 19.4. The SMILES string of the molecule is CCN1CC(CC(F)(F)F)CC(NCCO)C1. The summed E-state index contributed by atoms with van der Waals surface area (Å²) in [5.74, 6) is -0.333. The van der Waals surface area contributed by atoms with Crippen molar-refractivity contribution in [2.24, 2.45) is 5.92 Å². The molecule has 17 heavy (non-hydrogen) atoms. The molecule has 0 aliphatic carbocycles. The van der Waals surface area contributed by atoms with E-state index in [1.807, 2.05) is 11.8 Å². The Bertz CT molecular complexity index is 223. The zero-order chi connectivity index (χ0) is 12.9. The average Bonchev–Trinajstić information content (AvgIpc) is 2.23. The van der Waals surface area contributed by atoms with E-state index in [4.69, 9.17) is 5.11 Å². The molecule has 0 saturated carbocycles. The highest BCUT2D eigenvalue weighted by molar-refractivity contribution is 4.84. The Morgan fingerprint density at radius 3 is 2.59 bits per heavy atom. The van der Waals surface area contributed by atoms with Crippen LogP contribution in [0, 0.1) is 5.92 Å². The zero-order valence-corrected chi connectivity index (χ0v) is 10.1. The van der Waals surface area contributed by atoms with Crippen LogP contribution < -0.4 is 5.32 Å². The monoisotopic (exact) mass is 254 g/mol. The molecule has 0 aromatic carbocycles. The van der Waals surface area contributed by atoms with E-state index in [0.717, 1.165) is 13.1 Å². The Morgan fingerprint density at radius 1 is 1.35 bits per heavy atom. The molecular formula is C11H21F3N2O. The molecular weight excluding hydrogens is 233 g/mol. The van der Waals surface area contributed by atoms with Gasteiger partial charge in [-0.15, -0.1) is 0 Å². The second-order valence-electron chi connectivity index (χ2n) is 4.65. The van der Waals surface area contributed by atoms with Crippen LogP contribution in [-0.4, -0.2) is 55.0 Å². The van der Waals surface area contributed by atoms with Gasteiger partial charge in [0.05, 0.1) is 6.61 Å². The lowest BCUT2D eigenvalue weighted by Crippen LogP contribution is -2.50. The standard InChI is InChI=1S/C11H21F3N2O/c1-2-16-7-9(6-11(12,13)14)5-10(8-16)15-3-4-17/h9-10,15,17H,2-8H2,1H3. The molecule has 0 amide bonds. The molecule has 0 bridgehead atoms. The summed E-state index contributed by atoms with van der Waals surface area (Å²) < 4.78 is 37.1. The van der Waals surface area contributed by atoms with Gasteiger partial charge in [-0.3, -0.25) is 0 Å². The number of nitrogens with one attached hydrogen (secondary N) is 1. The summed E-state index contributed by atoms with van der Waals surface area (Å²) in [5, 5.41) is 11.8. The summed E-state index contributed by atoms with van der Waals surface area (Å²) in [7, 11) is 0. The van der Waals surface area contributed by atoms with Crippen LogP contribution in [0.25, 0.3) is 0 Å². The number of rotatable bonds is 5. The highest BCUT2D eigenvalue weighted by Crippen LogP contribution is 2.30. The third-order valence-corrected chi connectivity index (χ3v) is 3.12. The van der Waals surface area contributed by atoms with Crippen LogP contribution in [0.2, 0.25) is 0 Å². The summed E-state index contributed by atoms with van der Waals surface area (Å²) in [4.78, 5) is 2.04. The molecule has 3 nitrogen and oxygen atoms in total. The maximum atomic E-state index is 12.4. The molecule has 0 radical (unpaired) electrons. The van der Waals surface area contributed by atoms with Crippen LogP contribution in [0.15, 0.2) is 0 Å². The van der Waals surface area contributed by atoms with Crippen molar-refractivity contribution in [3.8, 4) is 0 Å². The maximum absolute atomic E-state index is 12.4. The lowest BCUT2D eigenvalue weighted by molar-refractivity contribution is -0.148. The molecule has 1 heterocycles. The predicted octanol–water partition coefficient (Wildman–Crippen LogP) is 1.23. The van der Waals surface area contributed by atoms with E-state index in [1.54, 1.807) is 0 Å². The highest BCUT2D eigenvalue weighted by Gasteiger charge is 2.36. The number of likely N-dealkylation sites (tertiary alicyclic amines) is 1. The van der Waals surface area contributed by atoms with Gasteiger partial charge in [0.2, 0.25) is 0 Å². The fourth-order valence-corrected chi connectivity index (χ4v) is 2.45. The molecule has 2 atom stereocenters. The summed E-state index contributed by atoms with van der Waals surface area (Å²) >= 11 is 0. The number of nitrogens with zero attached hydrogens (tertiary/aromatic N) is 1. The van der Waals surface area contributed by atoms with Crippen molar-refractivity contribution in [1.29, 1.82) is 0 Å². The van der Waals surface area contributed by atoms with Gasteiger partial charge in [0.25, 0.3) is 0 Å². The molecule has 1 aliphatic heterocycles. The summed E-state index contributed by atoms with van der Waals surface area (Å²) in [6.45, 7) is 4.48. The summed E-state index contributed by atoms with van der Waals surface area (Å²) in [5.41, 5.74) is 0. The van der Waals surface area contributed by atoms with E-state index in [0.29, 0.717) is 19.5 Å². The van der Waals surface area contributed by atoms with Gasteiger partial charge in [-0.1, -0.05) is 6.92 Å². The quantitative estimate of drug-likeness (QED) is 0.774. The van der Waals surface area contributed by atoms with E-state index in [2.05, 4.69) is 5.32 Å². The van der Waals surface area contributed by atoms with Crippen LogP contribution in [0.5, 0.6) is 0 Å². The van der Waals surface area contributed by atoms with Crippen molar-refractivity contribution in [3.05, 3.63) is 0 Å². The Kier molecular flexibility index (Phi) is 5.69. The summed E-state index contributed by atoms with van der Waals surface area (Å²) in [6.07, 6.45) is -4.25. The van der Waals surface area contributed by atoms with Gasteiger partial charge in [0.15, 0.2) is 0 Å². The van der Waals surface area contributed by atoms with Crippen LogP contribution >= 0.6 is 0 Å². The minimum Gasteiger partial charge on any atom is -0.395 e. The number of aliphatic hydroxyl groups excluding tert-OH is 1. The Labute approximate surface area is 100.0 Å². The van der Waals surface area contributed by atoms with Crippen molar-refractivity contribution in [2.45, 2.75) is 32.0 Å². The number of piperidine rings is 1. The first-order chi connectivity index (χ1) is 7.94. The largest absolute Gasteiger partial charge is 0.395 e. The van der Waals surface area contributed by atoms with E-state index in [-0.39, 0.29) is 18.6 Å². The lowest BCUT2D eigenvalue weighted by Gasteiger charge is -2.38. The Balaban J connectivity index is 2.48. The van der Waals surface area contributed by atoms with Crippen molar-refractivity contribution >= 4 is 0 Å². The second kappa shape index (κ2) is 6.56. The summed E-state index contributed by atoms with van der Waals surface area (Å²) in [6, 6.07) is 0.0585. The van der Waals surface area contributed by atoms with Gasteiger partial charge in [-0.25, -0.2) is 0 Å². The van der Waals surface area contributed by atoms with Crippen LogP contribution in [0.1, 0.15) is 19.8 Å². The Hall–Kier alpha value is -0.330. The molecule has 1 aliphatic rings. The third kappa shape index (κ3) is 5.70. The molecule has 2 unspecified atom stereocenters. The minimum atomic E-state index is -4.08. The molecule has 1 fully saturated rings. The fourth-order valence-electron chi connectivity index (χ4n) is 2.45. The van der Waals surface area contributed by atoms with Crippen molar-refractivity contribution in [1.82, 2.24) is 10.2 Å². The number of hydrogen-bond acceptors (Lipinski definition) is 3. The smallest absolute Gasteiger partial charge is 0.389 e. The van der Waals surface area contributed by atoms with E-state index in [1.165, 1.54) is 0 Å². The zero-order valence-electron chi connectivity index (χ0n) is 10.1. The van der Waals surface area contributed by atoms with Crippen molar-refractivity contribution < 1.29 is 18.3 Å². The number of alkyl halides is 3. The van der Waals surface area contributed by atoms with Gasteiger partial charge >= 0.3 is 6.18 Å². The fraction of sp³-hybridized carbons (Fsp3) is 1.00. The molecule has 102 valence electrons.